The Bertz CT molecular complexity index is 142. The summed E-state index contributed by atoms with van der Waals surface area (Å²) in [6.07, 6.45) is 5.61. The molecule has 2 aliphatic heterocycles. The molecular formula is C10H20N2O. The number of hydrogen-bond donors (Lipinski definition) is 2. The van der Waals surface area contributed by atoms with Gasteiger partial charge in [0.25, 0.3) is 0 Å². The first-order valence-corrected chi connectivity index (χ1v) is 5.51. The molecule has 3 nitrogen and oxygen atoms in total. The van der Waals surface area contributed by atoms with E-state index in [-0.39, 0.29) is 0 Å². The van der Waals surface area contributed by atoms with Gasteiger partial charge in [-0.2, -0.15) is 0 Å². The fourth-order valence-corrected chi connectivity index (χ4v) is 1.92. The van der Waals surface area contributed by atoms with Crippen LogP contribution in [-0.4, -0.2) is 38.4 Å². The van der Waals surface area contributed by atoms with E-state index in [0.29, 0.717) is 6.10 Å². The summed E-state index contributed by atoms with van der Waals surface area (Å²) in [6.45, 7) is 4.39. The molecule has 2 fully saturated rings. The summed E-state index contributed by atoms with van der Waals surface area (Å²) in [4.78, 5) is 0. The molecule has 0 aromatic carbocycles. The summed E-state index contributed by atoms with van der Waals surface area (Å²) in [6, 6.07) is 0.726. The summed E-state index contributed by atoms with van der Waals surface area (Å²) < 4.78 is 5.66. The number of ether oxygens (including phenoxy) is 1. The molecule has 0 amide bonds. The van der Waals surface area contributed by atoms with Crippen molar-refractivity contribution in [2.75, 3.05) is 26.2 Å². The van der Waals surface area contributed by atoms with Gasteiger partial charge < -0.3 is 15.4 Å². The van der Waals surface area contributed by atoms with Crippen LogP contribution < -0.4 is 10.6 Å². The molecule has 2 saturated heterocycles. The van der Waals surface area contributed by atoms with E-state index < -0.39 is 0 Å². The van der Waals surface area contributed by atoms with E-state index >= 15 is 0 Å². The van der Waals surface area contributed by atoms with Gasteiger partial charge in [-0.05, 0) is 32.2 Å². The Kier molecular flexibility index (Phi) is 3.58. The minimum absolute atomic E-state index is 0.536. The maximum atomic E-state index is 5.66. The van der Waals surface area contributed by atoms with Gasteiger partial charge in [0.2, 0.25) is 0 Å². The highest BCUT2D eigenvalue weighted by molar-refractivity contribution is 4.81. The molecule has 0 aromatic rings. The minimum atomic E-state index is 0.536. The Morgan fingerprint density at radius 1 is 1.31 bits per heavy atom. The molecule has 1 atom stereocenters. The Morgan fingerprint density at radius 2 is 2.23 bits per heavy atom. The lowest BCUT2D eigenvalue weighted by Crippen LogP contribution is -2.55. The van der Waals surface area contributed by atoms with Crippen LogP contribution in [0.2, 0.25) is 0 Å². The van der Waals surface area contributed by atoms with Crippen molar-refractivity contribution >= 4 is 0 Å². The molecule has 1 unspecified atom stereocenters. The summed E-state index contributed by atoms with van der Waals surface area (Å²) in [5.74, 6) is 0. The maximum absolute atomic E-state index is 5.66. The average molecular weight is 184 g/mol. The van der Waals surface area contributed by atoms with Gasteiger partial charge in [0.15, 0.2) is 0 Å². The topological polar surface area (TPSA) is 33.3 Å². The fraction of sp³-hybridized carbons (Fsp3) is 1.00. The van der Waals surface area contributed by atoms with Crippen LogP contribution >= 0.6 is 0 Å². The Hall–Kier alpha value is -0.120. The zero-order valence-corrected chi connectivity index (χ0v) is 8.22. The van der Waals surface area contributed by atoms with Crippen molar-refractivity contribution < 1.29 is 4.74 Å². The largest absolute Gasteiger partial charge is 0.378 e. The molecule has 13 heavy (non-hydrogen) atoms. The van der Waals surface area contributed by atoms with E-state index in [2.05, 4.69) is 10.6 Å². The molecule has 0 aliphatic carbocycles. The van der Waals surface area contributed by atoms with E-state index in [0.717, 1.165) is 32.3 Å². The Morgan fingerprint density at radius 3 is 2.85 bits per heavy atom. The second-order valence-corrected chi connectivity index (χ2v) is 4.09. The summed E-state index contributed by atoms with van der Waals surface area (Å²) >= 11 is 0. The molecule has 76 valence electrons. The molecule has 0 saturated carbocycles. The minimum Gasteiger partial charge on any atom is -0.378 e. The van der Waals surface area contributed by atoms with Crippen molar-refractivity contribution in [3.05, 3.63) is 0 Å². The Balaban J connectivity index is 1.50. The molecule has 0 aromatic heterocycles. The molecule has 2 aliphatic rings. The molecule has 0 spiro atoms. The second kappa shape index (κ2) is 4.94. The molecule has 2 N–H and O–H groups in total. The zero-order valence-electron chi connectivity index (χ0n) is 8.22. The molecule has 0 radical (unpaired) electrons. The van der Waals surface area contributed by atoms with Crippen molar-refractivity contribution in [1.29, 1.82) is 0 Å². The lowest BCUT2D eigenvalue weighted by molar-refractivity contribution is 0.0109. The predicted octanol–water partition coefficient (Wildman–Crippen LogP) is 0.507. The van der Waals surface area contributed by atoms with Crippen molar-refractivity contribution in [3.63, 3.8) is 0 Å². The van der Waals surface area contributed by atoms with Crippen molar-refractivity contribution in [1.82, 2.24) is 10.6 Å². The first-order chi connectivity index (χ1) is 6.45. The first-order valence-electron chi connectivity index (χ1n) is 5.51. The van der Waals surface area contributed by atoms with Crippen LogP contribution in [-0.2, 0) is 4.74 Å². The number of hydrogen-bond acceptors (Lipinski definition) is 3. The lowest BCUT2D eigenvalue weighted by Gasteiger charge is -2.29. The van der Waals surface area contributed by atoms with Crippen LogP contribution in [0.25, 0.3) is 0 Å². The third-order valence-corrected chi connectivity index (χ3v) is 2.95. The first kappa shape index (κ1) is 9.44. The predicted molar refractivity (Wildman–Crippen MR) is 52.9 cm³/mol. The lowest BCUT2D eigenvalue weighted by atomic mass is 10.1. The van der Waals surface area contributed by atoms with E-state index in [4.69, 9.17) is 4.74 Å². The standard InChI is InChI=1S/C10H20N2O/c1-2-6-13-10(3-1)4-5-12-9-7-11-8-9/h9-12H,1-8H2. The molecule has 2 heterocycles. The van der Waals surface area contributed by atoms with Gasteiger partial charge in [0.1, 0.15) is 0 Å². The van der Waals surface area contributed by atoms with E-state index in [9.17, 15) is 0 Å². The summed E-state index contributed by atoms with van der Waals surface area (Å²) in [7, 11) is 0. The maximum Gasteiger partial charge on any atom is 0.0587 e. The van der Waals surface area contributed by atoms with E-state index in [1.165, 1.54) is 25.7 Å². The summed E-state index contributed by atoms with van der Waals surface area (Å²) in [5, 5.41) is 6.78. The molecule has 0 bridgehead atoms. The highest BCUT2D eigenvalue weighted by Gasteiger charge is 2.17. The van der Waals surface area contributed by atoms with E-state index in [1.807, 2.05) is 0 Å². The van der Waals surface area contributed by atoms with Gasteiger partial charge in [0.05, 0.1) is 6.10 Å². The normalized spacial score (nSPS) is 30.0. The number of nitrogens with one attached hydrogen (secondary N) is 2. The second-order valence-electron chi connectivity index (χ2n) is 4.09. The Labute approximate surface area is 80.2 Å². The monoisotopic (exact) mass is 184 g/mol. The van der Waals surface area contributed by atoms with Gasteiger partial charge in [0, 0.05) is 25.7 Å². The summed E-state index contributed by atoms with van der Waals surface area (Å²) in [5.41, 5.74) is 0. The van der Waals surface area contributed by atoms with Crippen molar-refractivity contribution in [2.45, 2.75) is 37.8 Å². The SMILES string of the molecule is C1CCC(CCNC2CNC2)OC1. The van der Waals surface area contributed by atoms with Crippen molar-refractivity contribution in [2.24, 2.45) is 0 Å². The molecule has 3 heteroatoms. The third-order valence-electron chi connectivity index (χ3n) is 2.95. The highest BCUT2D eigenvalue weighted by atomic mass is 16.5. The van der Waals surface area contributed by atoms with Crippen molar-refractivity contribution in [3.8, 4) is 0 Å². The van der Waals surface area contributed by atoms with Crippen LogP contribution in [0.1, 0.15) is 25.7 Å². The molecule has 2 rings (SSSR count). The number of rotatable bonds is 4. The van der Waals surface area contributed by atoms with Gasteiger partial charge in [-0.25, -0.2) is 0 Å². The van der Waals surface area contributed by atoms with Crippen LogP contribution in [0.5, 0.6) is 0 Å². The van der Waals surface area contributed by atoms with Crippen LogP contribution in [0.4, 0.5) is 0 Å². The van der Waals surface area contributed by atoms with E-state index in [1.54, 1.807) is 0 Å². The zero-order chi connectivity index (χ0) is 8.93. The van der Waals surface area contributed by atoms with Gasteiger partial charge in [-0.1, -0.05) is 0 Å². The van der Waals surface area contributed by atoms with Gasteiger partial charge in [-0.15, -0.1) is 0 Å². The van der Waals surface area contributed by atoms with Gasteiger partial charge in [-0.3, -0.25) is 0 Å². The highest BCUT2D eigenvalue weighted by Crippen LogP contribution is 2.14. The van der Waals surface area contributed by atoms with Crippen LogP contribution in [0.15, 0.2) is 0 Å². The van der Waals surface area contributed by atoms with Crippen LogP contribution in [0, 0.1) is 0 Å². The van der Waals surface area contributed by atoms with Crippen LogP contribution in [0.3, 0.4) is 0 Å². The van der Waals surface area contributed by atoms with Gasteiger partial charge >= 0.3 is 0 Å². The molecular weight excluding hydrogens is 164 g/mol. The quantitative estimate of drug-likeness (QED) is 0.668. The average Bonchev–Trinajstić information content (AvgIpc) is 2.11. The third kappa shape index (κ3) is 2.93. The smallest absolute Gasteiger partial charge is 0.0587 e. The fourth-order valence-electron chi connectivity index (χ4n) is 1.92.